The summed E-state index contributed by atoms with van der Waals surface area (Å²) in [5.74, 6) is -0.758. The van der Waals surface area contributed by atoms with Crippen molar-refractivity contribution in [2.75, 3.05) is 5.75 Å². The van der Waals surface area contributed by atoms with E-state index in [4.69, 9.17) is 5.11 Å². The summed E-state index contributed by atoms with van der Waals surface area (Å²) in [4.78, 5) is 10.8. The number of thioether (sulfide) groups is 1. The number of hydrogen-bond acceptors (Lipinski definition) is 3. The van der Waals surface area contributed by atoms with Crippen LogP contribution in [-0.2, 0) is 17.8 Å². The highest BCUT2D eigenvalue weighted by Crippen LogP contribution is 2.21. The van der Waals surface area contributed by atoms with Crippen molar-refractivity contribution in [1.82, 2.24) is 9.78 Å². The lowest BCUT2D eigenvalue weighted by Gasteiger charge is -2.06. The number of halogens is 1. The number of carboxylic acids is 1. The number of aryl methyl sites for hydroxylation is 1. The average Bonchev–Trinajstić information content (AvgIpc) is 2.81. The molecule has 2 rings (SSSR count). The Morgan fingerprint density at radius 1 is 1.38 bits per heavy atom. The summed E-state index contributed by atoms with van der Waals surface area (Å²) in [7, 11) is 0. The van der Waals surface area contributed by atoms with Crippen molar-refractivity contribution >= 4 is 33.7 Å². The molecule has 1 heterocycles. The average molecular weight is 369 g/mol. The maximum absolute atomic E-state index is 10.8. The highest BCUT2D eigenvalue weighted by atomic mass is 79.9. The van der Waals surface area contributed by atoms with Crippen LogP contribution in [0.4, 0.5) is 0 Å². The van der Waals surface area contributed by atoms with E-state index in [1.807, 2.05) is 35.0 Å². The molecule has 0 saturated carbocycles. The molecule has 0 aliphatic rings. The van der Waals surface area contributed by atoms with Gasteiger partial charge in [-0.1, -0.05) is 53.2 Å². The Morgan fingerprint density at radius 2 is 2.10 bits per heavy atom. The Labute approximate surface area is 136 Å². The SMILES string of the molecule is CCCc1cc(SCC(=O)O)n(Cc2ccc(Br)cc2)n1. The van der Waals surface area contributed by atoms with E-state index in [0.29, 0.717) is 6.54 Å². The molecule has 0 radical (unpaired) electrons. The summed E-state index contributed by atoms with van der Waals surface area (Å²) in [6, 6.07) is 10.1. The zero-order valence-corrected chi connectivity index (χ0v) is 14.2. The molecular formula is C15H17BrN2O2S. The minimum atomic E-state index is -0.812. The fourth-order valence-corrected chi connectivity index (χ4v) is 2.97. The minimum Gasteiger partial charge on any atom is -0.481 e. The van der Waals surface area contributed by atoms with E-state index in [2.05, 4.69) is 28.0 Å². The molecule has 1 N–H and O–H groups in total. The molecule has 0 aliphatic heterocycles. The first-order chi connectivity index (χ1) is 10.1. The first kappa shape index (κ1) is 16.1. The van der Waals surface area contributed by atoms with Gasteiger partial charge >= 0.3 is 5.97 Å². The number of rotatable bonds is 7. The summed E-state index contributed by atoms with van der Waals surface area (Å²) < 4.78 is 2.93. The normalized spacial score (nSPS) is 10.8. The molecule has 0 amide bonds. The number of hydrogen-bond donors (Lipinski definition) is 1. The monoisotopic (exact) mass is 368 g/mol. The zero-order chi connectivity index (χ0) is 15.2. The van der Waals surface area contributed by atoms with E-state index in [0.717, 1.165) is 33.6 Å². The standard InChI is InChI=1S/C15H17BrN2O2S/c1-2-3-13-8-14(21-10-15(19)20)18(17-13)9-11-4-6-12(16)7-5-11/h4-8H,2-3,9-10H2,1H3,(H,19,20). The summed E-state index contributed by atoms with van der Waals surface area (Å²) in [6.45, 7) is 2.76. The maximum Gasteiger partial charge on any atom is 0.313 e. The van der Waals surface area contributed by atoms with Crippen molar-refractivity contribution in [3.05, 3.63) is 46.1 Å². The Kier molecular flexibility index (Phi) is 5.87. The first-order valence-corrected chi connectivity index (χ1v) is 8.52. The van der Waals surface area contributed by atoms with Crippen LogP contribution in [0.1, 0.15) is 24.6 Å². The molecule has 0 aliphatic carbocycles. The van der Waals surface area contributed by atoms with Gasteiger partial charge in [-0.05, 0) is 30.2 Å². The molecule has 0 unspecified atom stereocenters. The minimum absolute atomic E-state index is 0.0532. The van der Waals surface area contributed by atoms with Crippen LogP contribution in [0.15, 0.2) is 39.8 Å². The second-order valence-corrected chi connectivity index (χ2v) is 6.60. The number of aromatic nitrogens is 2. The van der Waals surface area contributed by atoms with Gasteiger partial charge in [0.1, 0.15) is 0 Å². The molecule has 0 bridgehead atoms. The van der Waals surface area contributed by atoms with Gasteiger partial charge in [0, 0.05) is 4.47 Å². The number of nitrogens with zero attached hydrogens (tertiary/aromatic N) is 2. The van der Waals surface area contributed by atoms with Crippen LogP contribution in [0.5, 0.6) is 0 Å². The predicted octanol–water partition coefficient (Wildman–Crippen LogP) is 3.82. The third-order valence-electron chi connectivity index (χ3n) is 2.89. The van der Waals surface area contributed by atoms with Crippen LogP contribution in [0, 0.1) is 0 Å². The fourth-order valence-electron chi connectivity index (χ4n) is 1.96. The largest absolute Gasteiger partial charge is 0.481 e. The molecule has 21 heavy (non-hydrogen) atoms. The molecule has 0 atom stereocenters. The van der Waals surface area contributed by atoms with Gasteiger partial charge in [-0.3, -0.25) is 9.48 Å². The molecule has 6 heteroatoms. The topological polar surface area (TPSA) is 55.1 Å². The van der Waals surface area contributed by atoms with E-state index < -0.39 is 5.97 Å². The maximum atomic E-state index is 10.8. The quantitative estimate of drug-likeness (QED) is 0.754. The lowest BCUT2D eigenvalue weighted by Crippen LogP contribution is -2.05. The van der Waals surface area contributed by atoms with Crippen molar-refractivity contribution in [3.8, 4) is 0 Å². The van der Waals surface area contributed by atoms with Gasteiger partial charge in [0.15, 0.2) is 0 Å². The van der Waals surface area contributed by atoms with Gasteiger partial charge in [-0.15, -0.1) is 0 Å². The smallest absolute Gasteiger partial charge is 0.313 e. The van der Waals surface area contributed by atoms with Gasteiger partial charge in [-0.2, -0.15) is 5.10 Å². The van der Waals surface area contributed by atoms with Crippen LogP contribution in [-0.4, -0.2) is 26.6 Å². The van der Waals surface area contributed by atoms with Crippen LogP contribution in [0.2, 0.25) is 0 Å². The van der Waals surface area contributed by atoms with Gasteiger partial charge in [0.25, 0.3) is 0 Å². The zero-order valence-electron chi connectivity index (χ0n) is 11.8. The Bertz CT molecular complexity index is 611. The number of benzene rings is 1. The van der Waals surface area contributed by atoms with Crippen LogP contribution < -0.4 is 0 Å². The Balaban J connectivity index is 2.18. The summed E-state index contributed by atoms with van der Waals surface area (Å²) in [6.07, 6.45) is 1.94. The third-order valence-corrected chi connectivity index (χ3v) is 4.43. The van der Waals surface area contributed by atoms with Crippen LogP contribution in [0.3, 0.4) is 0 Å². The lowest BCUT2D eigenvalue weighted by molar-refractivity contribution is -0.133. The molecule has 0 spiro atoms. The Morgan fingerprint density at radius 3 is 2.71 bits per heavy atom. The number of carboxylic acid groups (broad SMARTS) is 1. The number of aliphatic carboxylic acids is 1. The van der Waals surface area contributed by atoms with Crippen molar-refractivity contribution in [2.45, 2.75) is 31.3 Å². The molecule has 1 aromatic heterocycles. The molecule has 4 nitrogen and oxygen atoms in total. The van der Waals surface area contributed by atoms with Gasteiger partial charge < -0.3 is 5.11 Å². The van der Waals surface area contributed by atoms with E-state index in [9.17, 15) is 4.79 Å². The van der Waals surface area contributed by atoms with Crippen LogP contribution >= 0.6 is 27.7 Å². The van der Waals surface area contributed by atoms with E-state index >= 15 is 0 Å². The Hall–Kier alpha value is -1.27. The fraction of sp³-hybridized carbons (Fsp3) is 0.333. The summed E-state index contributed by atoms with van der Waals surface area (Å²) in [5, 5.41) is 14.3. The lowest BCUT2D eigenvalue weighted by atomic mass is 10.2. The molecule has 2 aromatic rings. The second-order valence-electron chi connectivity index (χ2n) is 4.69. The molecular weight excluding hydrogens is 352 g/mol. The summed E-state index contributed by atoms with van der Waals surface area (Å²) in [5.41, 5.74) is 2.16. The third kappa shape index (κ3) is 4.89. The highest BCUT2D eigenvalue weighted by Gasteiger charge is 2.10. The molecule has 0 saturated heterocycles. The van der Waals surface area contributed by atoms with E-state index in [1.165, 1.54) is 11.8 Å². The van der Waals surface area contributed by atoms with Crippen molar-refractivity contribution < 1.29 is 9.90 Å². The van der Waals surface area contributed by atoms with Crippen molar-refractivity contribution in [1.29, 1.82) is 0 Å². The van der Waals surface area contributed by atoms with Gasteiger partial charge in [-0.25, -0.2) is 0 Å². The van der Waals surface area contributed by atoms with Crippen LogP contribution in [0.25, 0.3) is 0 Å². The van der Waals surface area contributed by atoms with Gasteiger partial charge in [0.2, 0.25) is 0 Å². The molecule has 1 aromatic carbocycles. The van der Waals surface area contributed by atoms with E-state index in [-0.39, 0.29) is 5.75 Å². The number of carbonyl (C=O) groups is 1. The first-order valence-electron chi connectivity index (χ1n) is 6.74. The second kappa shape index (κ2) is 7.66. The van der Waals surface area contributed by atoms with E-state index in [1.54, 1.807) is 0 Å². The predicted molar refractivity (Wildman–Crippen MR) is 87.8 cm³/mol. The molecule has 112 valence electrons. The van der Waals surface area contributed by atoms with Crippen molar-refractivity contribution in [2.24, 2.45) is 0 Å². The molecule has 0 fully saturated rings. The summed E-state index contributed by atoms with van der Waals surface area (Å²) >= 11 is 4.73. The van der Waals surface area contributed by atoms with Crippen molar-refractivity contribution in [3.63, 3.8) is 0 Å². The highest BCUT2D eigenvalue weighted by molar-refractivity contribution is 9.10. The van der Waals surface area contributed by atoms with Gasteiger partial charge in [0.05, 0.1) is 23.0 Å².